The van der Waals surface area contributed by atoms with Gasteiger partial charge in [0.05, 0.1) is 5.75 Å². The van der Waals surface area contributed by atoms with Crippen LogP contribution in [0.2, 0.25) is 0 Å². The molecule has 1 aromatic heterocycles. The van der Waals surface area contributed by atoms with Gasteiger partial charge in [0.25, 0.3) is 5.56 Å². The van der Waals surface area contributed by atoms with Gasteiger partial charge < -0.3 is 15.2 Å². The van der Waals surface area contributed by atoms with Crippen LogP contribution in [0.15, 0.2) is 32.7 Å². The van der Waals surface area contributed by atoms with Crippen LogP contribution in [0.3, 0.4) is 0 Å². The van der Waals surface area contributed by atoms with Gasteiger partial charge in [0, 0.05) is 18.5 Å². The Hall–Kier alpha value is -2.68. The summed E-state index contributed by atoms with van der Waals surface area (Å²) in [6.07, 6.45) is 0.655. The molecular weight excluding hydrogens is 370 g/mol. The largest absolute Gasteiger partial charge is 0.486 e. The number of fused-ring (bicyclic) bond motifs is 1. The van der Waals surface area contributed by atoms with Crippen molar-refractivity contribution >= 4 is 23.4 Å². The van der Waals surface area contributed by atoms with Crippen molar-refractivity contribution in [1.82, 2.24) is 9.13 Å². The van der Waals surface area contributed by atoms with E-state index < -0.39 is 17.0 Å². The molecule has 0 unspecified atom stereocenters. The Morgan fingerprint density at radius 1 is 1.22 bits per heavy atom. The standard InChI is InChI=1S/C18H21N3O5S/c1-3-6-21-16(19)15(17(23)20(2)18(21)24)12(22)10-27-11-4-5-13-14(9-11)26-8-7-25-13/h4-5,9H,3,6-8,10,19H2,1-2H3. The molecule has 144 valence electrons. The molecule has 0 spiro atoms. The number of aromatic nitrogens is 2. The Morgan fingerprint density at radius 2 is 1.93 bits per heavy atom. The maximum absolute atomic E-state index is 12.7. The summed E-state index contributed by atoms with van der Waals surface area (Å²) < 4.78 is 13.2. The van der Waals surface area contributed by atoms with E-state index in [0.29, 0.717) is 37.7 Å². The molecule has 9 heteroatoms. The van der Waals surface area contributed by atoms with Crippen LogP contribution in [0, 0.1) is 0 Å². The number of rotatable bonds is 6. The number of anilines is 1. The molecule has 0 aliphatic carbocycles. The molecule has 1 aliphatic heterocycles. The number of Topliss-reactive ketones (excluding diaryl/α,β-unsaturated/α-hetero) is 1. The maximum atomic E-state index is 12.7. The van der Waals surface area contributed by atoms with E-state index in [1.807, 2.05) is 13.0 Å². The van der Waals surface area contributed by atoms with Crippen LogP contribution in [0.5, 0.6) is 11.5 Å². The van der Waals surface area contributed by atoms with Crippen LogP contribution in [0.1, 0.15) is 23.7 Å². The number of ketones is 1. The molecule has 8 nitrogen and oxygen atoms in total. The monoisotopic (exact) mass is 391 g/mol. The van der Waals surface area contributed by atoms with Crippen molar-refractivity contribution in [2.24, 2.45) is 7.05 Å². The Labute approximate surface area is 159 Å². The van der Waals surface area contributed by atoms with Crippen molar-refractivity contribution in [3.63, 3.8) is 0 Å². The number of nitrogen functional groups attached to an aromatic ring is 1. The second kappa shape index (κ2) is 7.91. The SMILES string of the molecule is CCCn1c(N)c(C(=O)CSc2ccc3c(c2)OCCO3)c(=O)n(C)c1=O. The van der Waals surface area contributed by atoms with Gasteiger partial charge in [-0.05, 0) is 24.6 Å². The molecule has 0 bridgehead atoms. The zero-order chi connectivity index (χ0) is 19.6. The predicted molar refractivity (Wildman–Crippen MR) is 103 cm³/mol. The van der Waals surface area contributed by atoms with Gasteiger partial charge in [-0.2, -0.15) is 0 Å². The third kappa shape index (κ3) is 3.73. The van der Waals surface area contributed by atoms with Crippen molar-refractivity contribution in [3.8, 4) is 11.5 Å². The average molecular weight is 391 g/mol. The van der Waals surface area contributed by atoms with Crippen molar-refractivity contribution in [1.29, 1.82) is 0 Å². The van der Waals surface area contributed by atoms with Gasteiger partial charge in [0.15, 0.2) is 17.3 Å². The first-order valence-electron chi connectivity index (χ1n) is 8.59. The first-order valence-corrected chi connectivity index (χ1v) is 9.57. The van der Waals surface area contributed by atoms with E-state index in [1.165, 1.54) is 23.4 Å². The lowest BCUT2D eigenvalue weighted by Crippen LogP contribution is -2.42. The van der Waals surface area contributed by atoms with Crippen molar-refractivity contribution < 1.29 is 14.3 Å². The highest BCUT2D eigenvalue weighted by molar-refractivity contribution is 8.00. The van der Waals surface area contributed by atoms with E-state index in [1.54, 1.807) is 12.1 Å². The van der Waals surface area contributed by atoms with E-state index in [-0.39, 0.29) is 17.1 Å². The lowest BCUT2D eigenvalue weighted by molar-refractivity contribution is 0.102. The van der Waals surface area contributed by atoms with Crippen LogP contribution in [-0.2, 0) is 13.6 Å². The van der Waals surface area contributed by atoms with E-state index in [9.17, 15) is 14.4 Å². The summed E-state index contributed by atoms with van der Waals surface area (Å²) in [6.45, 7) is 3.21. The molecule has 0 saturated heterocycles. The number of carbonyl (C=O) groups is 1. The lowest BCUT2D eigenvalue weighted by Gasteiger charge is -2.18. The number of nitrogens with two attached hydrogens (primary N) is 1. The number of nitrogens with zero attached hydrogens (tertiary/aromatic N) is 2. The van der Waals surface area contributed by atoms with Crippen molar-refractivity contribution in [3.05, 3.63) is 44.6 Å². The minimum Gasteiger partial charge on any atom is -0.486 e. The summed E-state index contributed by atoms with van der Waals surface area (Å²) in [6, 6.07) is 5.41. The summed E-state index contributed by atoms with van der Waals surface area (Å²) in [5, 5.41) is 0. The van der Waals surface area contributed by atoms with Crippen LogP contribution in [0.4, 0.5) is 5.82 Å². The topological polar surface area (TPSA) is 106 Å². The minimum atomic E-state index is -0.669. The number of carbonyl (C=O) groups excluding carboxylic acids is 1. The minimum absolute atomic E-state index is 0.0173. The molecule has 0 atom stereocenters. The zero-order valence-electron chi connectivity index (χ0n) is 15.2. The number of benzene rings is 1. The quantitative estimate of drug-likeness (QED) is 0.584. The average Bonchev–Trinajstić information content (AvgIpc) is 2.68. The van der Waals surface area contributed by atoms with Crippen LogP contribution in [0.25, 0.3) is 0 Å². The van der Waals surface area contributed by atoms with Gasteiger partial charge in [0.1, 0.15) is 24.6 Å². The normalized spacial score (nSPS) is 12.8. The molecule has 2 heterocycles. The highest BCUT2D eigenvalue weighted by Crippen LogP contribution is 2.34. The number of hydrogen-bond acceptors (Lipinski definition) is 7. The van der Waals surface area contributed by atoms with Crippen LogP contribution >= 0.6 is 11.8 Å². The third-order valence-electron chi connectivity index (χ3n) is 4.19. The second-order valence-corrected chi connectivity index (χ2v) is 7.12. The first kappa shape index (κ1) is 19.1. The summed E-state index contributed by atoms with van der Waals surface area (Å²) in [4.78, 5) is 38.1. The van der Waals surface area contributed by atoms with Gasteiger partial charge in [-0.1, -0.05) is 6.92 Å². The van der Waals surface area contributed by atoms with Crippen LogP contribution < -0.4 is 26.5 Å². The number of hydrogen-bond donors (Lipinski definition) is 1. The summed E-state index contributed by atoms with van der Waals surface area (Å²) in [5.41, 5.74) is 4.65. The van der Waals surface area contributed by atoms with Gasteiger partial charge in [-0.3, -0.25) is 18.7 Å². The van der Waals surface area contributed by atoms with Gasteiger partial charge in [-0.25, -0.2) is 4.79 Å². The van der Waals surface area contributed by atoms with E-state index >= 15 is 0 Å². The van der Waals surface area contributed by atoms with Crippen LogP contribution in [-0.4, -0.2) is 33.9 Å². The summed E-state index contributed by atoms with van der Waals surface area (Å²) in [5.74, 6) is 0.825. The Morgan fingerprint density at radius 3 is 2.63 bits per heavy atom. The molecule has 0 amide bonds. The van der Waals surface area contributed by atoms with Crippen molar-refractivity contribution in [2.45, 2.75) is 24.8 Å². The third-order valence-corrected chi connectivity index (χ3v) is 5.19. The molecule has 3 rings (SSSR count). The zero-order valence-corrected chi connectivity index (χ0v) is 16.0. The molecule has 0 saturated carbocycles. The molecule has 1 aromatic carbocycles. The fourth-order valence-electron chi connectivity index (χ4n) is 2.82. The van der Waals surface area contributed by atoms with E-state index in [0.717, 1.165) is 9.46 Å². The highest BCUT2D eigenvalue weighted by Gasteiger charge is 2.21. The molecule has 1 aliphatic rings. The Bertz CT molecular complexity index is 996. The molecular formula is C18H21N3O5S. The molecule has 0 radical (unpaired) electrons. The number of ether oxygens (including phenoxy) is 2. The van der Waals surface area contributed by atoms with E-state index in [4.69, 9.17) is 15.2 Å². The fourth-order valence-corrected chi connectivity index (χ4v) is 3.62. The smallest absolute Gasteiger partial charge is 0.332 e. The molecule has 0 fully saturated rings. The molecule has 2 N–H and O–H groups in total. The van der Waals surface area contributed by atoms with Crippen molar-refractivity contribution in [2.75, 3.05) is 24.7 Å². The van der Waals surface area contributed by atoms with Gasteiger partial charge in [0.2, 0.25) is 0 Å². The Balaban J connectivity index is 1.84. The molecule has 2 aromatic rings. The van der Waals surface area contributed by atoms with E-state index in [2.05, 4.69) is 0 Å². The van der Waals surface area contributed by atoms with Gasteiger partial charge >= 0.3 is 5.69 Å². The highest BCUT2D eigenvalue weighted by atomic mass is 32.2. The first-order chi connectivity index (χ1) is 12.9. The predicted octanol–water partition coefficient (Wildman–Crippen LogP) is 1.29. The lowest BCUT2D eigenvalue weighted by atomic mass is 10.2. The summed E-state index contributed by atoms with van der Waals surface area (Å²) in [7, 11) is 1.35. The molecule has 27 heavy (non-hydrogen) atoms. The Kier molecular flexibility index (Phi) is 5.59. The number of thioether (sulfide) groups is 1. The van der Waals surface area contributed by atoms with Gasteiger partial charge in [-0.15, -0.1) is 11.8 Å². The second-order valence-electron chi connectivity index (χ2n) is 6.08. The summed E-state index contributed by atoms with van der Waals surface area (Å²) >= 11 is 1.27. The maximum Gasteiger partial charge on any atom is 0.332 e. The fraction of sp³-hybridized carbons (Fsp3) is 0.389.